The average molecular weight is 267 g/mol. The van der Waals surface area contributed by atoms with Crippen LogP contribution in [0, 0.1) is 0 Å². The highest BCUT2D eigenvalue weighted by Gasteiger charge is 2.34. The Morgan fingerprint density at radius 2 is 1.95 bits per heavy atom. The minimum atomic E-state index is -3.47. The number of rotatable bonds is 7. The van der Waals surface area contributed by atoms with Gasteiger partial charge in [0.15, 0.2) is 0 Å². The van der Waals surface area contributed by atoms with Gasteiger partial charge in [0.2, 0.25) is 0 Å². The zero-order valence-electron chi connectivity index (χ0n) is 11.0. The van der Waals surface area contributed by atoms with Crippen LogP contribution in [0.1, 0.15) is 31.7 Å². The molecule has 1 aromatic carbocycles. The topological polar surface area (TPSA) is 29.1 Å². The van der Waals surface area contributed by atoms with Crippen LogP contribution in [0.4, 0.5) is 8.78 Å². The summed E-state index contributed by atoms with van der Waals surface area (Å²) in [5, 5.41) is 2.25. The molecule has 0 aliphatic rings. The van der Waals surface area contributed by atoms with E-state index < -0.39 is 11.8 Å². The van der Waals surface area contributed by atoms with E-state index >= 15 is 0 Å². The summed E-state index contributed by atoms with van der Waals surface area (Å²) in [5.41, 5.74) is 0.640. The normalized spacial score (nSPS) is 11.7. The van der Waals surface area contributed by atoms with Gasteiger partial charge in [-0.15, -0.1) is 0 Å². The van der Waals surface area contributed by atoms with Crippen LogP contribution in [0.2, 0.25) is 0 Å². The van der Waals surface area contributed by atoms with Crippen LogP contribution in [-0.2, 0) is 4.79 Å². The summed E-state index contributed by atoms with van der Waals surface area (Å²) in [6.45, 7) is 2.31. The molecule has 0 bridgehead atoms. The molecule has 0 spiro atoms. The van der Waals surface area contributed by atoms with Gasteiger partial charge in [0.1, 0.15) is 0 Å². The van der Waals surface area contributed by atoms with Crippen molar-refractivity contribution in [3.05, 3.63) is 42.0 Å². The molecule has 19 heavy (non-hydrogen) atoms. The number of halogens is 2. The summed E-state index contributed by atoms with van der Waals surface area (Å²) >= 11 is 0. The summed E-state index contributed by atoms with van der Waals surface area (Å²) in [6, 6.07) is 8.71. The van der Waals surface area contributed by atoms with E-state index in [1.54, 1.807) is 30.3 Å². The van der Waals surface area contributed by atoms with Crippen LogP contribution in [0.5, 0.6) is 0 Å². The van der Waals surface area contributed by atoms with E-state index in [-0.39, 0.29) is 0 Å². The monoisotopic (exact) mass is 267 g/mol. The second-order valence-electron chi connectivity index (χ2n) is 4.33. The molecule has 0 aliphatic heterocycles. The summed E-state index contributed by atoms with van der Waals surface area (Å²) in [6.07, 6.45) is 4.52. The molecule has 0 saturated carbocycles. The molecular weight excluding hydrogens is 248 g/mol. The fourth-order valence-electron chi connectivity index (χ4n) is 1.54. The lowest BCUT2D eigenvalue weighted by molar-refractivity contribution is -0.139. The van der Waals surface area contributed by atoms with E-state index in [1.807, 2.05) is 6.92 Å². The molecule has 0 aromatic heterocycles. The first kappa shape index (κ1) is 15.3. The maximum Gasteiger partial charge on any atom is 0.343 e. The van der Waals surface area contributed by atoms with Gasteiger partial charge in [0.05, 0.1) is 0 Å². The van der Waals surface area contributed by atoms with Gasteiger partial charge in [-0.3, -0.25) is 4.79 Å². The number of benzene rings is 1. The second kappa shape index (κ2) is 7.67. The number of carbonyl (C=O) groups excluding carboxylic acids is 1. The van der Waals surface area contributed by atoms with Gasteiger partial charge in [0, 0.05) is 6.54 Å². The van der Waals surface area contributed by atoms with E-state index in [0.29, 0.717) is 18.2 Å². The zero-order valence-corrected chi connectivity index (χ0v) is 11.0. The molecular formula is C15H19F2NO. The summed E-state index contributed by atoms with van der Waals surface area (Å²) < 4.78 is 27.0. The van der Waals surface area contributed by atoms with Gasteiger partial charge < -0.3 is 5.32 Å². The highest BCUT2D eigenvalue weighted by atomic mass is 19.3. The molecule has 0 aliphatic carbocycles. The van der Waals surface area contributed by atoms with Crippen molar-refractivity contribution in [2.75, 3.05) is 6.54 Å². The molecule has 1 N–H and O–H groups in total. The Balaban J connectivity index is 2.50. The number of alkyl halides is 2. The van der Waals surface area contributed by atoms with Crippen molar-refractivity contribution in [1.82, 2.24) is 5.32 Å². The number of unbranched alkanes of at least 4 members (excludes halogenated alkanes) is 2. The van der Waals surface area contributed by atoms with Crippen molar-refractivity contribution in [1.29, 1.82) is 0 Å². The van der Waals surface area contributed by atoms with Crippen LogP contribution in [0.15, 0.2) is 36.4 Å². The minimum Gasteiger partial charge on any atom is -0.351 e. The molecule has 0 unspecified atom stereocenters. The lowest BCUT2D eigenvalue weighted by Gasteiger charge is -2.12. The number of hydrogen-bond donors (Lipinski definition) is 1. The quantitative estimate of drug-likeness (QED) is 0.751. The fraction of sp³-hybridized carbons (Fsp3) is 0.400. The van der Waals surface area contributed by atoms with E-state index in [9.17, 15) is 13.6 Å². The predicted molar refractivity (Wildman–Crippen MR) is 73.0 cm³/mol. The molecule has 104 valence electrons. The van der Waals surface area contributed by atoms with Crippen molar-refractivity contribution in [2.45, 2.75) is 32.1 Å². The third-order valence-corrected chi connectivity index (χ3v) is 2.65. The van der Waals surface area contributed by atoms with Crippen molar-refractivity contribution in [3.63, 3.8) is 0 Å². The van der Waals surface area contributed by atoms with Crippen molar-refractivity contribution in [2.24, 2.45) is 0 Å². The molecule has 1 amide bonds. The van der Waals surface area contributed by atoms with Crippen LogP contribution in [-0.4, -0.2) is 18.4 Å². The van der Waals surface area contributed by atoms with Crippen LogP contribution >= 0.6 is 0 Å². The van der Waals surface area contributed by atoms with E-state index in [1.165, 1.54) is 6.08 Å². The van der Waals surface area contributed by atoms with Crippen molar-refractivity contribution >= 4 is 12.0 Å². The first-order chi connectivity index (χ1) is 9.06. The Morgan fingerprint density at radius 3 is 2.58 bits per heavy atom. The Morgan fingerprint density at radius 1 is 1.26 bits per heavy atom. The van der Waals surface area contributed by atoms with Gasteiger partial charge in [0.25, 0.3) is 5.91 Å². The maximum atomic E-state index is 13.5. The van der Waals surface area contributed by atoms with E-state index in [2.05, 4.69) is 5.32 Å². The molecule has 0 atom stereocenters. The van der Waals surface area contributed by atoms with Gasteiger partial charge in [-0.05, 0) is 18.1 Å². The molecule has 4 heteroatoms. The Bertz CT molecular complexity index is 415. The average Bonchev–Trinajstić information content (AvgIpc) is 2.42. The lowest BCUT2D eigenvalue weighted by atomic mass is 10.1. The van der Waals surface area contributed by atoms with E-state index in [4.69, 9.17) is 0 Å². The van der Waals surface area contributed by atoms with Crippen LogP contribution < -0.4 is 5.32 Å². The zero-order chi connectivity index (χ0) is 14.1. The second-order valence-corrected chi connectivity index (χ2v) is 4.33. The molecule has 0 fully saturated rings. The third kappa shape index (κ3) is 5.64. The highest BCUT2D eigenvalue weighted by molar-refractivity contribution is 5.86. The maximum absolute atomic E-state index is 13.5. The number of carbonyl (C=O) groups is 1. The smallest absolute Gasteiger partial charge is 0.343 e. The Hall–Kier alpha value is -1.71. The molecule has 2 nitrogen and oxygen atoms in total. The number of nitrogens with one attached hydrogen (secondary N) is 1. The van der Waals surface area contributed by atoms with Crippen molar-refractivity contribution in [3.8, 4) is 0 Å². The Labute approximate surface area is 112 Å². The SMILES string of the molecule is CCCCCNC(=O)C(F)(F)C=Cc1ccccc1. The minimum absolute atomic E-state index is 0.293. The number of hydrogen-bond acceptors (Lipinski definition) is 1. The van der Waals surface area contributed by atoms with Crippen molar-refractivity contribution < 1.29 is 13.6 Å². The summed E-state index contributed by atoms with van der Waals surface area (Å²) in [5.74, 6) is -4.71. The van der Waals surface area contributed by atoms with Gasteiger partial charge >= 0.3 is 5.92 Å². The summed E-state index contributed by atoms with van der Waals surface area (Å²) in [4.78, 5) is 11.3. The third-order valence-electron chi connectivity index (χ3n) is 2.65. The van der Waals surface area contributed by atoms with Crippen LogP contribution in [0.25, 0.3) is 6.08 Å². The standard InChI is InChI=1S/C15H19F2NO/c1-2-3-7-12-18-14(19)15(16,17)11-10-13-8-5-4-6-9-13/h4-6,8-11H,2-3,7,12H2,1H3,(H,18,19). The van der Waals surface area contributed by atoms with Gasteiger partial charge in [-0.1, -0.05) is 56.2 Å². The Kier molecular flexibility index (Phi) is 6.19. The van der Waals surface area contributed by atoms with Crippen LogP contribution in [0.3, 0.4) is 0 Å². The molecule has 0 heterocycles. The predicted octanol–water partition coefficient (Wildman–Crippen LogP) is 3.64. The highest BCUT2D eigenvalue weighted by Crippen LogP contribution is 2.17. The lowest BCUT2D eigenvalue weighted by Crippen LogP contribution is -2.39. The van der Waals surface area contributed by atoms with E-state index in [0.717, 1.165) is 19.3 Å². The number of amides is 1. The first-order valence-corrected chi connectivity index (χ1v) is 6.46. The van der Waals surface area contributed by atoms with Gasteiger partial charge in [-0.2, -0.15) is 8.78 Å². The molecule has 1 rings (SSSR count). The first-order valence-electron chi connectivity index (χ1n) is 6.46. The largest absolute Gasteiger partial charge is 0.351 e. The fourth-order valence-corrected chi connectivity index (χ4v) is 1.54. The van der Waals surface area contributed by atoms with Gasteiger partial charge in [-0.25, -0.2) is 0 Å². The summed E-state index contributed by atoms with van der Waals surface area (Å²) in [7, 11) is 0. The molecule has 0 saturated heterocycles. The molecule has 0 radical (unpaired) electrons. The molecule has 1 aromatic rings.